The van der Waals surface area contributed by atoms with Crippen LogP contribution in [0.1, 0.15) is 369 Å². The molecule has 1 atom stereocenters. The van der Waals surface area contributed by atoms with Crippen molar-refractivity contribution < 1.29 is 16.8 Å². The molecule has 1 rings (SSSR count). The third-order valence-electron chi connectivity index (χ3n) is 15.9. The van der Waals surface area contributed by atoms with Crippen LogP contribution in [0, 0.1) is 6.55 Å². The number of hydrogen-bond acceptors (Lipinski definition) is 3. The quantitative estimate of drug-likeness (QED) is 0.0211. The van der Waals surface area contributed by atoms with Gasteiger partial charge in [-0.05, 0) is 97.2 Å². The van der Waals surface area contributed by atoms with E-state index in [0.29, 0.717) is 0 Å². The van der Waals surface area contributed by atoms with Crippen LogP contribution in [0.5, 0.6) is 0 Å². The first-order chi connectivity index (χ1) is 41.3. The Balaban J connectivity index is -0.000000115. The number of allylic oxidation sites excluding steroid dienone is 5. The molecule has 1 aromatic rings. The Morgan fingerprint density at radius 1 is 0.483 bits per heavy atom. The van der Waals surface area contributed by atoms with E-state index in [1.807, 2.05) is 52.0 Å². The van der Waals surface area contributed by atoms with Crippen molar-refractivity contribution in [1.29, 1.82) is 0 Å². The molecule has 1 aromatic heterocycles. The smallest absolute Gasteiger partial charge is 0.0845 e. The average Bonchev–Trinajstić information content (AvgIpc) is 3.68. The Hall–Kier alpha value is -1.13. The van der Waals surface area contributed by atoms with E-state index in [4.69, 9.17) is 0 Å². The molecule has 87 heavy (non-hydrogen) atoms. The summed E-state index contributed by atoms with van der Waals surface area (Å²) < 4.78 is 0. The summed E-state index contributed by atoms with van der Waals surface area (Å²) in [5.41, 5.74) is 4.88. The normalized spacial score (nSPS) is 11.4. The minimum absolute atomic E-state index is 0. The van der Waals surface area contributed by atoms with Crippen molar-refractivity contribution in [3.05, 3.63) is 73.1 Å². The van der Waals surface area contributed by atoms with Gasteiger partial charge < -0.3 is 6.55 Å². The van der Waals surface area contributed by atoms with E-state index in [1.165, 1.54) is 248 Å². The van der Waals surface area contributed by atoms with Crippen LogP contribution < -0.4 is 0 Å². The van der Waals surface area contributed by atoms with Gasteiger partial charge in [-0.3, -0.25) is 9.98 Å². The van der Waals surface area contributed by atoms with Crippen LogP contribution in [-0.4, -0.2) is 54.4 Å². The Kier molecular flexibility index (Phi) is 110. The fraction of sp³-hybridized carbons (Fsp3) is 0.825. The van der Waals surface area contributed by atoms with E-state index in [-0.39, 0.29) is 25.6 Å². The molecule has 0 fully saturated rings. The molecule has 1 radical (unpaired) electrons. The molecule has 525 valence electrons. The molecular weight excluding hydrogens is 1150 g/mol. The summed E-state index contributed by atoms with van der Waals surface area (Å²) in [4.78, 5) is 13.3. The molecular formula is C80H168CoN3Si3-. The topological polar surface area (TPSA) is 37.6 Å². The first-order valence-corrected chi connectivity index (χ1v) is 46.8. The number of nitrogens with zero attached hydrogens (tertiary/aromatic N) is 3. The van der Waals surface area contributed by atoms with E-state index < -0.39 is 16.1 Å². The monoisotopic (exact) mass is 1310 g/mol. The molecule has 0 aliphatic rings. The average molecular weight is 1320 g/mol. The standard InChI is InChI=1S/C14H32Si.C13H19N3.C9H20.2C9H18.C8H18.C8H16.C6H16Si.C4H11Si.Co/c1-6-10-11-12-13-14(5)15(7-2,8-3)9-4;1-5-14-10(3)12-8-7-9-13(16-12)11(4)15-6-2;3*1-3-5-7-9-8-6-4-2;2*1-3-5-7-8-6-4-2;1-4-7(5-2)6-3;1-5(2,3)4;/h14H,6-13H2,1-5H3;7-9H,5-6H2,1-4H3;3-9H2,1-2H3;5,7H,3-4,6,8-9H2,1-2H3;3,5H,4,6-9H2,1-2H3;3-8H2,1-2H3;3H,1,4-8H2,2H3;7H,4-6H2,1-3H3;1H2,2-4H3;/q;;;;;;;;-1;. The molecule has 0 amide bonds. The van der Waals surface area contributed by atoms with Gasteiger partial charge in [0.1, 0.15) is 0 Å². The molecule has 7 heteroatoms. The predicted molar refractivity (Wildman–Crippen MR) is 421 cm³/mol. The number of unbranched alkanes of at least 4 members (excludes halogenated alkanes) is 25. The van der Waals surface area contributed by atoms with Crippen molar-refractivity contribution in [3.8, 4) is 0 Å². The maximum atomic E-state index is 4.55. The van der Waals surface area contributed by atoms with Crippen LogP contribution in [-0.2, 0) is 16.8 Å². The number of aliphatic imine (C=N–C) groups is 2. The van der Waals surface area contributed by atoms with E-state index in [1.54, 1.807) is 0 Å². The van der Waals surface area contributed by atoms with E-state index in [2.05, 4.69) is 190 Å². The van der Waals surface area contributed by atoms with Gasteiger partial charge in [-0.1, -0.05) is 370 Å². The maximum Gasteiger partial charge on any atom is 0.0845 e. The third-order valence-corrected chi connectivity index (χ3v) is 26.0. The molecule has 0 bridgehead atoms. The zero-order chi connectivity index (χ0) is 67.2. The van der Waals surface area contributed by atoms with Gasteiger partial charge in [0.25, 0.3) is 0 Å². The number of pyridine rings is 1. The van der Waals surface area contributed by atoms with Gasteiger partial charge in [-0.25, -0.2) is 4.98 Å². The second-order valence-electron chi connectivity index (χ2n) is 25.5. The summed E-state index contributed by atoms with van der Waals surface area (Å²) in [5, 5.41) is 0. The Morgan fingerprint density at radius 2 is 0.782 bits per heavy atom. The van der Waals surface area contributed by atoms with Crippen molar-refractivity contribution in [1.82, 2.24) is 4.98 Å². The van der Waals surface area contributed by atoms with Crippen LogP contribution in [0.2, 0.25) is 61.4 Å². The molecule has 0 aromatic carbocycles. The predicted octanol–water partition coefficient (Wildman–Crippen LogP) is 29.9. The van der Waals surface area contributed by atoms with Gasteiger partial charge in [0.15, 0.2) is 0 Å². The van der Waals surface area contributed by atoms with Gasteiger partial charge in [0.2, 0.25) is 0 Å². The summed E-state index contributed by atoms with van der Waals surface area (Å²) >= 11 is 0. The Bertz CT molecular complexity index is 1410. The summed E-state index contributed by atoms with van der Waals surface area (Å²) in [7, 11) is -1.91. The van der Waals surface area contributed by atoms with Crippen molar-refractivity contribution in [3.63, 3.8) is 0 Å². The Morgan fingerprint density at radius 3 is 1.07 bits per heavy atom. The van der Waals surface area contributed by atoms with Crippen LogP contribution in [0.4, 0.5) is 0 Å². The fourth-order valence-electron chi connectivity index (χ4n) is 9.57. The van der Waals surface area contributed by atoms with Gasteiger partial charge in [0, 0.05) is 38.7 Å². The first kappa shape index (κ1) is 105. The number of rotatable bonds is 42. The van der Waals surface area contributed by atoms with Crippen LogP contribution in [0.3, 0.4) is 0 Å². The third kappa shape index (κ3) is 96.1. The molecule has 1 unspecified atom stereocenters. The van der Waals surface area contributed by atoms with Crippen molar-refractivity contribution in [2.24, 2.45) is 9.98 Å². The molecule has 3 nitrogen and oxygen atoms in total. The Labute approximate surface area is 569 Å². The summed E-state index contributed by atoms with van der Waals surface area (Å²) in [5.74, 6) is 0. The minimum Gasteiger partial charge on any atom is -0.342 e. The van der Waals surface area contributed by atoms with Crippen molar-refractivity contribution in [2.45, 2.75) is 419 Å². The van der Waals surface area contributed by atoms with Crippen molar-refractivity contribution >= 4 is 36.4 Å². The molecule has 0 aliphatic carbocycles. The van der Waals surface area contributed by atoms with Gasteiger partial charge >= 0.3 is 0 Å². The van der Waals surface area contributed by atoms with E-state index in [0.717, 1.165) is 41.4 Å². The molecule has 0 aliphatic heterocycles. The first-order valence-electron chi connectivity index (χ1n) is 38.0. The maximum absolute atomic E-state index is 4.55. The van der Waals surface area contributed by atoms with Gasteiger partial charge in [-0.2, -0.15) is 0 Å². The van der Waals surface area contributed by atoms with Crippen LogP contribution in [0.15, 0.2) is 65.1 Å². The fourth-order valence-corrected chi connectivity index (χ4v) is 15.7. The number of hydrogen-bond donors (Lipinski definition) is 0. The zero-order valence-electron chi connectivity index (χ0n) is 64.9. The van der Waals surface area contributed by atoms with Crippen LogP contribution in [0.25, 0.3) is 0 Å². The molecule has 0 spiro atoms. The second kappa shape index (κ2) is 91.3. The van der Waals surface area contributed by atoms with Crippen LogP contribution >= 0.6 is 0 Å². The molecule has 1 heterocycles. The number of aromatic nitrogens is 1. The summed E-state index contributed by atoms with van der Waals surface area (Å²) in [6, 6.07) is 14.9. The molecule has 0 saturated carbocycles. The molecule has 0 saturated heterocycles. The second-order valence-corrected chi connectivity index (χ2v) is 40.6. The SMILES string of the molecule is C=CCCCCCC.CC=CCCCCCC.CCC=CCCCCC.CCCCCCC(C)[Si](CC)(CC)CC.CCCCCCCC.CCCCCCCCC.CCN=C(C)c1cccc(C(C)=NCC)n1.CC[SiH](CC)CC.[CH2-][Si](C)(C)C.[Co]. The van der Waals surface area contributed by atoms with E-state index in [9.17, 15) is 0 Å². The van der Waals surface area contributed by atoms with Gasteiger partial charge in [0.05, 0.1) is 30.9 Å². The van der Waals surface area contributed by atoms with Gasteiger partial charge in [-0.15, -0.1) is 14.7 Å². The van der Waals surface area contributed by atoms with E-state index >= 15 is 0 Å². The summed E-state index contributed by atoms with van der Waals surface area (Å²) in [6.07, 6.45) is 56.6. The zero-order valence-corrected chi connectivity index (χ0v) is 69.0. The van der Waals surface area contributed by atoms with Crippen molar-refractivity contribution in [2.75, 3.05) is 13.1 Å². The largest absolute Gasteiger partial charge is 0.342 e. The molecule has 0 N–H and O–H groups in total. The summed E-state index contributed by atoms with van der Waals surface area (Å²) in [6.45, 7) is 62.9. The minimum atomic E-state index is -0.881.